The quantitative estimate of drug-likeness (QED) is 0.105. The van der Waals surface area contributed by atoms with Gasteiger partial charge in [0.15, 0.2) is 0 Å². The minimum atomic E-state index is -1.67. The van der Waals surface area contributed by atoms with Crippen LogP contribution in [0.25, 0.3) is 0 Å². The van der Waals surface area contributed by atoms with E-state index in [0.717, 1.165) is 0 Å². The van der Waals surface area contributed by atoms with Crippen LogP contribution in [0.2, 0.25) is 0 Å². The zero-order chi connectivity index (χ0) is 28.2. The number of H-pyrrole nitrogens is 2. The summed E-state index contributed by atoms with van der Waals surface area (Å²) in [5.74, 6) is -7.16. The summed E-state index contributed by atoms with van der Waals surface area (Å²) in [5, 5.41) is 34.3. The summed E-state index contributed by atoms with van der Waals surface area (Å²) in [7, 11) is 0. The fraction of sp³-hybridized carbons (Fsp3) is 0.429. The average molecular weight is 537 g/mol. The normalized spacial score (nSPS) is 13.9. The van der Waals surface area contributed by atoms with Crippen LogP contribution in [0.15, 0.2) is 25.0 Å². The van der Waals surface area contributed by atoms with Crippen molar-refractivity contribution >= 4 is 35.6 Å². The third kappa shape index (κ3) is 9.69. The molecule has 0 saturated heterocycles. The van der Waals surface area contributed by atoms with Crippen LogP contribution in [0.3, 0.4) is 0 Å². The number of aromatic nitrogens is 4. The molecule has 0 saturated carbocycles. The van der Waals surface area contributed by atoms with Crippen molar-refractivity contribution in [3.05, 3.63) is 36.4 Å². The van der Waals surface area contributed by atoms with Gasteiger partial charge in [-0.25, -0.2) is 14.8 Å². The molecule has 0 aliphatic rings. The molecule has 0 bridgehead atoms. The van der Waals surface area contributed by atoms with Crippen LogP contribution >= 0.6 is 0 Å². The van der Waals surface area contributed by atoms with E-state index in [9.17, 15) is 39.0 Å². The summed E-state index contributed by atoms with van der Waals surface area (Å²) in [6.07, 6.45) is 3.36. The summed E-state index contributed by atoms with van der Waals surface area (Å²) >= 11 is 0. The van der Waals surface area contributed by atoms with Crippen LogP contribution in [0.4, 0.5) is 0 Å². The number of imidazole rings is 2. The largest absolute Gasteiger partial charge is 0.481 e. The Hall–Kier alpha value is -4.80. The maximum absolute atomic E-state index is 12.9. The average Bonchev–Trinajstić information content (AvgIpc) is 3.54. The smallest absolute Gasteiger partial charge is 0.326 e. The number of nitrogens with zero attached hydrogens (tertiary/aromatic N) is 2. The van der Waals surface area contributed by atoms with Crippen molar-refractivity contribution in [2.24, 2.45) is 5.73 Å². The number of carbonyl (C=O) groups is 6. The number of carbonyl (C=O) groups excluding carboxylic acids is 3. The number of nitrogens with two attached hydrogens (primary N) is 1. The Morgan fingerprint density at radius 2 is 1.29 bits per heavy atom. The van der Waals surface area contributed by atoms with Gasteiger partial charge in [-0.05, 0) is 6.42 Å². The number of aromatic amines is 2. The topological polar surface area (TPSA) is 283 Å². The lowest BCUT2D eigenvalue weighted by atomic mass is 10.1. The highest BCUT2D eigenvalue weighted by Gasteiger charge is 2.32. The van der Waals surface area contributed by atoms with E-state index in [0.29, 0.717) is 11.4 Å². The molecule has 0 aliphatic heterocycles. The van der Waals surface area contributed by atoms with E-state index >= 15 is 0 Å². The number of nitrogens with one attached hydrogen (secondary N) is 5. The van der Waals surface area contributed by atoms with Crippen LogP contribution < -0.4 is 21.7 Å². The van der Waals surface area contributed by atoms with Crippen molar-refractivity contribution < 1.29 is 44.1 Å². The number of aliphatic carboxylic acids is 3. The van der Waals surface area contributed by atoms with E-state index in [4.69, 9.17) is 10.8 Å². The molecule has 38 heavy (non-hydrogen) atoms. The van der Waals surface area contributed by atoms with Crippen LogP contribution in [-0.2, 0) is 41.6 Å². The molecule has 0 radical (unpaired) electrons. The molecule has 0 aromatic carbocycles. The van der Waals surface area contributed by atoms with E-state index in [-0.39, 0.29) is 12.8 Å². The molecule has 4 atom stereocenters. The van der Waals surface area contributed by atoms with Gasteiger partial charge in [0.1, 0.15) is 18.1 Å². The van der Waals surface area contributed by atoms with Gasteiger partial charge >= 0.3 is 17.9 Å². The highest BCUT2D eigenvalue weighted by Crippen LogP contribution is 2.05. The van der Waals surface area contributed by atoms with E-state index in [1.54, 1.807) is 0 Å². The van der Waals surface area contributed by atoms with Crippen LogP contribution in [0, 0.1) is 0 Å². The van der Waals surface area contributed by atoms with Crippen LogP contribution in [0.1, 0.15) is 30.7 Å². The van der Waals surface area contributed by atoms with Gasteiger partial charge in [0.2, 0.25) is 17.7 Å². The Balaban J connectivity index is 2.13. The third-order valence-corrected chi connectivity index (χ3v) is 5.22. The van der Waals surface area contributed by atoms with Crippen LogP contribution in [-0.4, -0.2) is 95.1 Å². The highest BCUT2D eigenvalue weighted by atomic mass is 16.4. The first-order valence-electron chi connectivity index (χ1n) is 11.2. The van der Waals surface area contributed by atoms with Gasteiger partial charge in [0, 0.05) is 43.0 Å². The zero-order valence-electron chi connectivity index (χ0n) is 19.9. The van der Waals surface area contributed by atoms with Crippen molar-refractivity contribution in [2.45, 2.75) is 56.3 Å². The fourth-order valence-corrected chi connectivity index (χ4v) is 3.29. The number of hydrogen-bond acceptors (Lipinski definition) is 9. The predicted molar refractivity (Wildman–Crippen MR) is 125 cm³/mol. The number of hydrogen-bond donors (Lipinski definition) is 9. The molecule has 2 heterocycles. The monoisotopic (exact) mass is 536 g/mol. The van der Waals surface area contributed by atoms with Crippen molar-refractivity contribution in [3.8, 4) is 0 Å². The second-order valence-corrected chi connectivity index (χ2v) is 8.22. The summed E-state index contributed by atoms with van der Waals surface area (Å²) < 4.78 is 0. The fourth-order valence-electron chi connectivity index (χ4n) is 3.29. The predicted octanol–water partition coefficient (Wildman–Crippen LogP) is -2.88. The van der Waals surface area contributed by atoms with E-state index < -0.39 is 79.1 Å². The molecule has 2 rings (SSSR count). The zero-order valence-corrected chi connectivity index (χ0v) is 19.9. The van der Waals surface area contributed by atoms with E-state index in [1.807, 2.05) is 0 Å². The standard InChI is InChI=1S/C21H28N8O9/c22-12(3-10-6-23-8-25-10)18(34)28-14(5-17(32)33)20(36)27-13(1-2-16(30)31)19(35)29-15(21(37)38)4-11-7-24-9-26-11/h6-9,12-15H,1-5,22H2,(H,23,25)(H,24,26)(H,27,36)(H,28,34)(H,29,35)(H,30,31)(H,32,33)(H,37,38). The molecule has 206 valence electrons. The molecule has 0 aliphatic carbocycles. The molecule has 17 heteroatoms. The lowest BCUT2D eigenvalue weighted by Crippen LogP contribution is -2.57. The molecule has 0 spiro atoms. The van der Waals surface area contributed by atoms with E-state index in [2.05, 4.69) is 35.9 Å². The van der Waals surface area contributed by atoms with Crippen molar-refractivity contribution in [1.82, 2.24) is 35.9 Å². The Morgan fingerprint density at radius 3 is 1.79 bits per heavy atom. The summed E-state index contributed by atoms with van der Waals surface area (Å²) in [5.41, 5.74) is 6.73. The van der Waals surface area contributed by atoms with Gasteiger partial charge in [-0.3, -0.25) is 24.0 Å². The second-order valence-electron chi connectivity index (χ2n) is 8.22. The molecule has 17 nitrogen and oxygen atoms in total. The molecule has 4 unspecified atom stereocenters. The summed E-state index contributed by atoms with van der Waals surface area (Å²) in [4.78, 5) is 85.2. The first-order valence-corrected chi connectivity index (χ1v) is 11.2. The first-order chi connectivity index (χ1) is 18.0. The SMILES string of the molecule is NC(Cc1cnc[nH]1)C(=O)NC(CC(=O)O)C(=O)NC(CCC(=O)O)C(=O)NC(Cc1cnc[nH]1)C(=O)O. The Bertz CT molecular complexity index is 1120. The maximum atomic E-state index is 12.9. The lowest BCUT2D eigenvalue weighted by Gasteiger charge is -2.24. The Labute approximate surface area is 214 Å². The number of amides is 3. The molecule has 2 aromatic rings. The molecular weight excluding hydrogens is 508 g/mol. The first kappa shape index (κ1) is 29.4. The van der Waals surface area contributed by atoms with Gasteiger partial charge in [0.25, 0.3) is 0 Å². The second kappa shape index (κ2) is 14.1. The molecule has 3 amide bonds. The molecule has 2 aromatic heterocycles. The van der Waals surface area contributed by atoms with Crippen molar-refractivity contribution in [3.63, 3.8) is 0 Å². The minimum Gasteiger partial charge on any atom is -0.481 e. The van der Waals surface area contributed by atoms with Gasteiger partial charge < -0.3 is 47.0 Å². The number of rotatable bonds is 16. The highest BCUT2D eigenvalue weighted by molar-refractivity contribution is 5.95. The Kier molecular flexibility index (Phi) is 10.9. The molecular formula is C21H28N8O9. The van der Waals surface area contributed by atoms with Crippen molar-refractivity contribution in [2.75, 3.05) is 0 Å². The molecule has 0 fully saturated rings. The summed E-state index contributed by atoms with van der Waals surface area (Å²) in [6, 6.07) is -5.87. The maximum Gasteiger partial charge on any atom is 0.326 e. The van der Waals surface area contributed by atoms with Gasteiger partial charge in [-0.2, -0.15) is 0 Å². The van der Waals surface area contributed by atoms with E-state index in [1.165, 1.54) is 25.0 Å². The van der Waals surface area contributed by atoms with Crippen molar-refractivity contribution in [1.29, 1.82) is 0 Å². The summed E-state index contributed by atoms with van der Waals surface area (Å²) in [6.45, 7) is 0. The van der Waals surface area contributed by atoms with Gasteiger partial charge in [-0.15, -0.1) is 0 Å². The number of carboxylic acid groups (broad SMARTS) is 3. The Morgan fingerprint density at radius 1 is 0.763 bits per heavy atom. The minimum absolute atomic E-state index is 0.00376. The van der Waals surface area contributed by atoms with Gasteiger partial charge in [-0.1, -0.05) is 0 Å². The third-order valence-electron chi connectivity index (χ3n) is 5.22. The lowest BCUT2D eigenvalue weighted by molar-refractivity contribution is -0.143. The van der Waals surface area contributed by atoms with Crippen LogP contribution in [0.5, 0.6) is 0 Å². The van der Waals surface area contributed by atoms with Gasteiger partial charge in [0.05, 0.1) is 25.1 Å². The number of carboxylic acids is 3. The molecule has 10 N–H and O–H groups in total.